The fraction of sp³-hybridized carbons (Fsp3) is 0.917. The van der Waals surface area contributed by atoms with Gasteiger partial charge in [-0.1, -0.05) is 0 Å². The smallest absolute Gasteiger partial charge is 0.396 e. The van der Waals surface area contributed by atoms with Gasteiger partial charge in [0.05, 0.1) is 0 Å². The third kappa shape index (κ3) is 4.08. The van der Waals surface area contributed by atoms with Gasteiger partial charge >= 0.3 is 65.6 Å². The van der Waals surface area contributed by atoms with Crippen molar-refractivity contribution in [1.82, 2.24) is 0 Å². The lowest BCUT2D eigenvalue weighted by molar-refractivity contribution is -0.482. The van der Waals surface area contributed by atoms with Crippen LogP contribution in [0.25, 0.3) is 0 Å². The third-order valence-electron chi connectivity index (χ3n) is 3.75. The Labute approximate surface area is 176 Å². The molecule has 0 unspecified atom stereocenters. The van der Waals surface area contributed by atoms with E-state index in [2.05, 4.69) is 4.74 Å². The van der Waals surface area contributed by atoms with E-state index < -0.39 is 65.6 Å². The third-order valence-corrected chi connectivity index (χ3v) is 3.75. The van der Waals surface area contributed by atoms with Crippen LogP contribution in [0.2, 0.25) is 0 Å². The Kier molecular flexibility index (Phi) is 7.54. The lowest BCUT2D eigenvalue weighted by Crippen LogP contribution is -2.77. The highest BCUT2D eigenvalue weighted by Gasteiger charge is 2.98. The molecule has 0 aromatic heterocycles. The van der Waals surface area contributed by atoms with Crippen molar-refractivity contribution in [2.75, 3.05) is 0 Å². The molecule has 0 saturated carbocycles. The number of halogens is 21. The molecule has 0 spiro atoms. The van der Waals surface area contributed by atoms with Gasteiger partial charge in [-0.25, -0.2) is 0 Å². The number of rotatable bonds is 9. The van der Waals surface area contributed by atoms with Crippen molar-refractivity contribution in [3.63, 3.8) is 0 Å². The molecule has 35 heavy (non-hydrogen) atoms. The second-order valence-corrected chi connectivity index (χ2v) is 6.20. The van der Waals surface area contributed by atoms with E-state index in [0.29, 0.717) is 0 Å². The molecule has 0 radical (unpaired) electrons. The van der Waals surface area contributed by atoms with Crippen LogP contribution in [0.5, 0.6) is 0 Å². The maximum Gasteiger partial charge on any atom is 0.473 e. The molecule has 0 heterocycles. The Morgan fingerprint density at radius 3 is 0.800 bits per heavy atom. The number of carbonyl (C=O) groups is 1. The lowest BCUT2D eigenvalue weighted by Gasteiger charge is -2.44. The molecule has 0 N–H and O–H groups in total. The topological polar surface area (TPSA) is 26.3 Å². The van der Waals surface area contributed by atoms with Crippen LogP contribution < -0.4 is 0 Å². The van der Waals surface area contributed by atoms with E-state index in [9.17, 15) is 97.0 Å². The zero-order chi connectivity index (χ0) is 29.3. The quantitative estimate of drug-likeness (QED) is 0.223. The Balaban J connectivity index is 7.05. The molecular formula is C12H3F21O2. The summed E-state index contributed by atoms with van der Waals surface area (Å²) < 4.78 is 274. The van der Waals surface area contributed by atoms with Gasteiger partial charge in [-0.2, -0.15) is 92.2 Å². The van der Waals surface area contributed by atoms with Crippen LogP contribution in [0.4, 0.5) is 92.2 Å². The molecule has 0 fully saturated rings. The first-order valence-corrected chi connectivity index (χ1v) is 7.33. The normalized spacial score (nSPS) is 16.4. The SMILES string of the molecule is CC(=O)OC(F)(F)C(F)(F)C(F)(F)C(F)(F)C(F)(F)C(F)(F)C(F)(F)C(F)(F)C(F)(F)C(F)(F)F. The zero-order valence-electron chi connectivity index (χ0n) is 15.3. The highest BCUT2D eigenvalue weighted by atomic mass is 19.4. The van der Waals surface area contributed by atoms with E-state index in [4.69, 9.17) is 0 Å². The number of esters is 1. The Morgan fingerprint density at radius 1 is 0.400 bits per heavy atom. The van der Waals surface area contributed by atoms with Gasteiger partial charge in [0, 0.05) is 6.92 Å². The van der Waals surface area contributed by atoms with Crippen LogP contribution in [-0.2, 0) is 9.53 Å². The molecule has 210 valence electrons. The molecule has 23 heteroatoms. The number of hydrogen-bond acceptors (Lipinski definition) is 2. The molecular weight excluding hydrogens is 575 g/mol. The number of alkyl halides is 21. The first-order valence-electron chi connectivity index (χ1n) is 7.33. The summed E-state index contributed by atoms with van der Waals surface area (Å²) in [6.07, 6.45) is -15.4. The lowest BCUT2D eigenvalue weighted by atomic mass is 9.87. The predicted molar refractivity (Wildman–Crippen MR) is 62.3 cm³/mol. The summed E-state index contributed by atoms with van der Waals surface area (Å²) in [7, 11) is 0. The van der Waals surface area contributed by atoms with E-state index in [-0.39, 0.29) is 6.92 Å². The van der Waals surface area contributed by atoms with E-state index in [0.717, 1.165) is 0 Å². The van der Waals surface area contributed by atoms with E-state index in [1.807, 2.05) is 0 Å². The summed E-state index contributed by atoms with van der Waals surface area (Å²) in [5.74, 6) is -73.9. The van der Waals surface area contributed by atoms with Gasteiger partial charge in [0.1, 0.15) is 0 Å². The van der Waals surface area contributed by atoms with Crippen molar-refractivity contribution in [2.24, 2.45) is 0 Å². The van der Waals surface area contributed by atoms with Crippen LogP contribution in [0.3, 0.4) is 0 Å². The van der Waals surface area contributed by atoms with Crippen molar-refractivity contribution in [3.05, 3.63) is 0 Å². The Hall–Kier alpha value is -2.00. The standard InChI is InChI=1S/C12H3F21O2/c1-2(34)35-12(32,33)10(27,28)8(23,24)6(19,20)4(15,16)3(13,14)5(17,18)7(21,22)9(25,26)11(29,30)31/h1H3. The largest absolute Gasteiger partial charge is 0.473 e. The van der Waals surface area contributed by atoms with Gasteiger partial charge in [-0.15, -0.1) is 0 Å². The maximum absolute atomic E-state index is 13.4. The first kappa shape index (κ1) is 33.0. The van der Waals surface area contributed by atoms with E-state index >= 15 is 0 Å². The number of carbonyl (C=O) groups excluding carboxylic acids is 1. The summed E-state index contributed by atoms with van der Waals surface area (Å²) in [6, 6.07) is 0. The Bertz CT molecular complexity index is 806. The molecule has 0 atom stereocenters. The van der Waals surface area contributed by atoms with Gasteiger partial charge < -0.3 is 4.74 Å². The molecule has 2 nitrogen and oxygen atoms in total. The maximum atomic E-state index is 13.4. The summed E-state index contributed by atoms with van der Waals surface area (Å²) in [5.41, 5.74) is 0. The number of ether oxygens (including phenoxy) is 1. The van der Waals surface area contributed by atoms with Crippen LogP contribution in [-0.4, -0.2) is 65.6 Å². The molecule has 0 aliphatic heterocycles. The molecule has 0 aliphatic carbocycles. The molecule has 0 aromatic rings. The van der Waals surface area contributed by atoms with Crippen LogP contribution in [0, 0.1) is 0 Å². The summed E-state index contributed by atoms with van der Waals surface area (Å²) in [5, 5.41) is 0. The van der Waals surface area contributed by atoms with Crippen LogP contribution >= 0.6 is 0 Å². The van der Waals surface area contributed by atoms with Gasteiger partial charge in [0.15, 0.2) is 0 Å². The van der Waals surface area contributed by atoms with Crippen molar-refractivity contribution in [1.29, 1.82) is 0 Å². The van der Waals surface area contributed by atoms with Crippen molar-refractivity contribution in [3.8, 4) is 0 Å². The predicted octanol–water partition coefficient (Wildman–Crippen LogP) is 6.79. The fourth-order valence-corrected chi connectivity index (χ4v) is 1.79. The molecule has 0 bridgehead atoms. The second kappa shape index (κ2) is 8.00. The Morgan fingerprint density at radius 2 is 0.600 bits per heavy atom. The molecule has 0 aliphatic rings. The minimum atomic E-state index is -9.24. The van der Waals surface area contributed by atoms with Crippen LogP contribution in [0.15, 0.2) is 0 Å². The molecule has 0 rings (SSSR count). The summed E-state index contributed by atoms with van der Waals surface area (Å²) in [6.45, 7) is -0.341. The first-order chi connectivity index (χ1) is 14.7. The van der Waals surface area contributed by atoms with Crippen molar-refractivity contribution >= 4 is 5.97 Å². The molecule has 0 saturated heterocycles. The van der Waals surface area contributed by atoms with Crippen molar-refractivity contribution in [2.45, 2.75) is 66.6 Å². The van der Waals surface area contributed by atoms with E-state index in [1.165, 1.54) is 0 Å². The monoisotopic (exact) mass is 578 g/mol. The van der Waals surface area contributed by atoms with Crippen LogP contribution in [0.1, 0.15) is 6.92 Å². The summed E-state index contributed by atoms with van der Waals surface area (Å²) >= 11 is 0. The van der Waals surface area contributed by atoms with Gasteiger partial charge in [-0.3, -0.25) is 4.79 Å². The van der Waals surface area contributed by atoms with Gasteiger partial charge in [0.2, 0.25) is 0 Å². The van der Waals surface area contributed by atoms with Gasteiger partial charge in [0.25, 0.3) is 0 Å². The van der Waals surface area contributed by atoms with Crippen molar-refractivity contribution < 1.29 is 102 Å². The minimum absolute atomic E-state index is 0.341. The highest BCUT2D eigenvalue weighted by Crippen LogP contribution is 2.66. The fourth-order valence-electron chi connectivity index (χ4n) is 1.79. The molecule has 0 aromatic carbocycles. The number of hydrogen-bond donors (Lipinski definition) is 0. The van der Waals surface area contributed by atoms with Gasteiger partial charge in [-0.05, 0) is 0 Å². The summed E-state index contributed by atoms with van der Waals surface area (Å²) in [4.78, 5) is 10.2. The zero-order valence-corrected chi connectivity index (χ0v) is 15.3. The van der Waals surface area contributed by atoms with E-state index in [1.54, 1.807) is 0 Å². The second-order valence-electron chi connectivity index (χ2n) is 6.20. The average Bonchev–Trinajstić information content (AvgIpc) is 2.58. The average molecular weight is 578 g/mol. The molecule has 0 amide bonds. The minimum Gasteiger partial charge on any atom is -0.396 e. The highest BCUT2D eigenvalue weighted by molar-refractivity contribution is 5.66.